The molecule has 3 aromatic rings. The summed E-state index contributed by atoms with van der Waals surface area (Å²) >= 11 is 0. The van der Waals surface area contributed by atoms with Gasteiger partial charge in [0.1, 0.15) is 5.82 Å². The third kappa shape index (κ3) is 3.06. The van der Waals surface area contributed by atoms with Crippen molar-refractivity contribution >= 4 is 28.3 Å². The number of carbonyl (C=O) groups is 1. The molecule has 3 N–H and O–H groups in total. The lowest BCUT2D eigenvalue weighted by atomic mass is 10.0. The highest BCUT2D eigenvalue weighted by atomic mass is 16.1. The number of pyridine rings is 1. The number of nitrogens with two attached hydrogens (primary N) is 1. The van der Waals surface area contributed by atoms with Gasteiger partial charge in [-0.2, -0.15) is 0 Å². The van der Waals surface area contributed by atoms with Crippen molar-refractivity contribution in [3.63, 3.8) is 0 Å². The van der Waals surface area contributed by atoms with Gasteiger partial charge in [-0.3, -0.25) is 4.79 Å². The molecule has 1 amide bonds. The minimum absolute atomic E-state index is 0.231. The number of amides is 1. The first-order chi connectivity index (χ1) is 11.1. The van der Waals surface area contributed by atoms with Crippen LogP contribution in [-0.2, 0) is 4.79 Å². The van der Waals surface area contributed by atoms with Crippen LogP contribution in [0, 0.1) is 6.92 Å². The maximum atomic E-state index is 11.4. The van der Waals surface area contributed by atoms with E-state index in [0.29, 0.717) is 5.82 Å². The lowest BCUT2D eigenvalue weighted by Gasteiger charge is -2.09. The van der Waals surface area contributed by atoms with Crippen LogP contribution in [0.4, 0.5) is 11.5 Å². The maximum absolute atomic E-state index is 11.4. The van der Waals surface area contributed by atoms with Gasteiger partial charge in [-0.05, 0) is 54.0 Å². The van der Waals surface area contributed by atoms with Gasteiger partial charge in [0.15, 0.2) is 0 Å². The van der Waals surface area contributed by atoms with Crippen LogP contribution in [0.5, 0.6) is 0 Å². The van der Waals surface area contributed by atoms with Gasteiger partial charge in [-0.25, -0.2) is 4.98 Å². The lowest BCUT2D eigenvalue weighted by molar-refractivity contribution is -0.111. The number of aromatic nitrogens is 1. The van der Waals surface area contributed by atoms with Gasteiger partial charge in [0.25, 0.3) is 0 Å². The highest BCUT2D eigenvalue weighted by Crippen LogP contribution is 2.27. The Bertz CT molecular complexity index is 916. The summed E-state index contributed by atoms with van der Waals surface area (Å²) in [4.78, 5) is 15.8. The Hall–Kier alpha value is -3.14. The molecule has 1 heterocycles. The number of benzene rings is 2. The van der Waals surface area contributed by atoms with E-state index in [1.54, 1.807) is 0 Å². The van der Waals surface area contributed by atoms with E-state index in [1.807, 2.05) is 55.5 Å². The van der Waals surface area contributed by atoms with E-state index in [4.69, 9.17) is 5.73 Å². The van der Waals surface area contributed by atoms with Crippen LogP contribution < -0.4 is 11.1 Å². The second-order valence-electron chi connectivity index (χ2n) is 5.37. The number of nitrogen functional groups attached to an aromatic ring is 1. The highest BCUT2D eigenvalue weighted by Gasteiger charge is 2.05. The molecule has 3 rings (SSSR count). The Balaban J connectivity index is 2.04. The molecular formula is C19H17N3O. The van der Waals surface area contributed by atoms with Crippen molar-refractivity contribution in [1.29, 1.82) is 0 Å². The van der Waals surface area contributed by atoms with E-state index in [9.17, 15) is 4.79 Å². The fourth-order valence-corrected chi connectivity index (χ4v) is 2.58. The van der Waals surface area contributed by atoms with Gasteiger partial charge in [0.2, 0.25) is 5.91 Å². The Morgan fingerprint density at radius 1 is 1.17 bits per heavy atom. The number of carbonyl (C=O) groups excluding carboxylic acids is 1. The molecule has 0 atom stereocenters. The van der Waals surface area contributed by atoms with E-state index in [1.165, 1.54) is 6.08 Å². The van der Waals surface area contributed by atoms with Gasteiger partial charge >= 0.3 is 0 Å². The molecule has 23 heavy (non-hydrogen) atoms. The van der Waals surface area contributed by atoms with Crippen LogP contribution >= 0.6 is 0 Å². The van der Waals surface area contributed by atoms with E-state index < -0.39 is 0 Å². The minimum atomic E-state index is -0.231. The SMILES string of the molecule is C=CC(=O)Nc1cccc(-c2ccc3c(C)cc(N)nc3c2)c1. The lowest BCUT2D eigenvalue weighted by Crippen LogP contribution is -2.06. The van der Waals surface area contributed by atoms with Crippen molar-refractivity contribution in [2.75, 3.05) is 11.1 Å². The molecule has 0 radical (unpaired) electrons. The summed E-state index contributed by atoms with van der Waals surface area (Å²) in [6.45, 7) is 5.48. The molecule has 1 aromatic heterocycles. The van der Waals surface area contributed by atoms with Gasteiger partial charge < -0.3 is 11.1 Å². The third-order valence-electron chi connectivity index (χ3n) is 3.69. The molecule has 4 heteroatoms. The molecule has 0 saturated heterocycles. The van der Waals surface area contributed by atoms with Crippen molar-refractivity contribution in [3.8, 4) is 11.1 Å². The summed E-state index contributed by atoms with van der Waals surface area (Å²) in [7, 11) is 0. The average Bonchev–Trinajstić information content (AvgIpc) is 2.54. The maximum Gasteiger partial charge on any atom is 0.247 e. The van der Waals surface area contributed by atoms with Gasteiger partial charge in [-0.15, -0.1) is 0 Å². The van der Waals surface area contributed by atoms with Crippen LogP contribution in [0.15, 0.2) is 61.2 Å². The summed E-state index contributed by atoms with van der Waals surface area (Å²) in [5.74, 6) is 0.282. The summed E-state index contributed by atoms with van der Waals surface area (Å²) in [6.07, 6.45) is 1.25. The number of fused-ring (bicyclic) bond motifs is 1. The zero-order valence-electron chi connectivity index (χ0n) is 12.8. The largest absolute Gasteiger partial charge is 0.384 e. The minimum Gasteiger partial charge on any atom is -0.384 e. The molecule has 0 saturated carbocycles. The average molecular weight is 303 g/mol. The van der Waals surface area contributed by atoms with Gasteiger partial charge in [0.05, 0.1) is 5.52 Å². The number of nitrogens with zero attached hydrogens (tertiary/aromatic N) is 1. The molecule has 0 bridgehead atoms. The van der Waals surface area contributed by atoms with Crippen LogP contribution in [-0.4, -0.2) is 10.9 Å². The summed E-state index contributed by atoms with van der Waals surface area (Å²) < 4.78 is 0. The molecule has 2 aromatic carbocycles. The number of nitrogens with one attached hydrogen (secondary N) is 1. The number of hydrogen-bond donors (Lipinski definition) is 2. The normalized spacial score (nSPS) is 10.5. The molecule has 0 fully saturated rings. The molecule has 4 nitrogen and oxygen atoms in total. The molecule has 0 spiro atoms. The molecule has 0 aliphatic rings. The van der Waals surface area contributed by atoms with E-state index in [2.05, 4.69) is 16.9 Å². The third-order valence-corrected chi connectivity index (χ3v) is 3.69. The van der Waals surface area contributed by atoms with Crippen molar-refractivity contribution in [2.24, 2.45) is 0 Å². The quantitative estimate of drug-likeness (QED) is 0.721. The molecule has 114 valence electrons. The number of hydrogen-bond acceptors (Lipinski definition) is 3. The highest BCUT2D eigenvalue weighted by molar-refractivity contribution is 5.99. The molecular weight excluding hydrogens is 286 g/mol. The number of aryl methyl sites for hydroxylation is 1. The van der Waals surface area contributed by atoms with E-state index in [-0.39, 0.29) is 5.91 Å². The predicted molar refractivity (Wildman–Crippen MR) is 95.2 cm³/mol. The van der Waals surface area contributed by atoms with Crippen LogP contribution in [0.25, 0.3) is 22.0 Å². The standard InChI is InChI=1S/C19H17N3O/c1-3-19(23)21-15-6-4-5-13(10-15)14-7-8-16-12(2)9-18(20)22-17(16)11-14/h3-11H,1H2,2H3,(H2,20,22)(H,21,23). The predicted octanol–water partition coefficient (Wildman–Crippen LogP) is 3.92. The smallest absolute Gasteiger partial charge is 0.247 e. The topological polar surface area (TPSA) is 68.0 Å². The van der Waals surface area contributed by atoms with Gasteiger partial charge in [0, 0.05) is 11.1 Å². The van der Waals surface area contributed by atoms with E-state index in [0.717, 1.165) is 33.3 Å². The first-order valence-corrected chi connectivity index (χ1v) is 7.27. The second kappa shape index (κ2) is 5.93. The van der Waals surface area contributed by atoms with Crippen LogP contribution in [0.1, 0.15) is 5.56 Å². The molecule has 0 aliphatic carbocycles. The zero-order valence-corrected chi connectivity index (χ0v) is 12.8. The van der Waals surface area contributed by atoms with Crippen molar-refractivity contribution in [3.05, 3.63) is 66.7 Å². The Morgan fingerprint density at radius 3 is 2.74 bits per heavy atom. The molecule has 0 unspecified atom stereocenters. The Morgan fingerprint density at radius 2 is 1.96 bits per heavy atom. The van der Waals surface area contributed by atoms with Crippen molar-refractivity contribution < 1.29 is 4.79 Å². The summed E-state index contributed by atoms with van der Waals surface area (Å²) in [5, 5.41) is 3.85. The zero-order chi connectivity index (χ0) is 16.4. The van der Waals surface area contributed by atoms with Crippen molar-refractivity contribution in [2.45, 2.75) is 6.92 Å². The van der Waals surface area contributed by atoms with Crippen LogP contribution in [0.2, 0.25) is 0 Å². The summed E-state index contributed by atoms with van der Waals surface area (Å²) in [6, 6.07) is 15.6. The van der Waals surface area contributed by atoms with E-state index >= 15 is 0 Å². The summed E-state index contributed by atoms with van der Waals surface area (Å²) in [5.41, 5.74) is 10.5. The van der Waals surface area contributed by atoms with Crippen molar-refractivity contribution in [1.82, 2.24) is 4.98 Å². The molecule has 0 aliphatic heterocycles. The Kier molecular flexibility index (Phi) is 3.81. The number of rotatable bonds is 3. The fourth-order valence-electron chi connectivity index (χ4n) is 2.58. The van der Waals surface area contributed by atoms with Gasteiger partial charge in [-0.1, -0.05) is 30.8 Å². The monoisotopic (exact) mass is 303 g/mol. The first kappa shape index (κ1) is 14.8. The fraction of sp³-hybridized carbons (Fsp3) is 0.0526. The first-order valence-electron chi connectivity index (χ1n) is 7.27. The second-order valence-corrected chi connectivity index (χ2v) is 5.37. The number of anilines is 2. The Labute approximate surface area is 134 Å². The van der Waals surface area contributed by atoms with Crippen LogP contribution in [0.3, 0.4) is 0 Å².